The average Bonchev–Trinajstić information content (AvgIpc) is 2.42. The van der Waals surface area contributed by atoms with Crippen LogP contribution in [0.2, 0.25) is 0 Å². The number of carbonyl (C=O) groups excluding carboxylic acids is 1. The molecule has 1 heterocycles. The molecule has 0 bridgehead atoms. The summed E-state index contributed by atoms with van der Waals surface area (Å²) in [6.07, 6.45) is -1.49. The molecule has 0 spiro atoms. The fraction of sp³-hybridized carbons (Fsp3) is 0.923. The van der Waals surface area contributed by atoms with E-state index in [4.69, 9.17) is 4.74 Å². The Balaban J connectivity index is 2.56. The second-order valence-electron chi connectivity index (χ2n) is 6.90. The van der Waals surface area contributed by atoms with Gasteiger partial charge in [-0.15, -0.1) is 0 Å². The van der Waals surface area contributed by atoms with E-state index >= 15 is 0 Å². The minimum atomic E-state index is -1.04. The number of nitrogens with zero attached hydrogens (tertiary/aromatic N) is 1. The van der Waals surface area contributed by atoms with Gasteiger partial charge in [-0.3, -0.25) is 0 Å². The summed E-state index contributed by atoms with van der Waals surface area (Å²) in [5.41, 5.74) is -0.711. The number of alkyl halides is 1. The highest BCUT2D eigenvalue weighted by Gasteiger charge is 2.38. The maximum atomic E-state index is 13.8. The molecule has 2 atom stereocenters. The topological polar surface area (TPSA) is 41.6 Å². The summed E-state index contributed by atoms with van der Waals surface area (Å²) in [6.45, 7) is 11.8. The zero-order valence-corrected chi connectivity index (χ0v) is 12.2. The molecule has 1 fully saturated rings. The molecule has 1 saturated heterocycles. The van der Waals surface area contributed by atoms with Crippen LogP contribution >= 0.6 is 0 Å². The van der Waals surface area contributed by atoms with Gasteiger partial charge >= 0.3 is 6.09 Å². The number of amides is 1. The van der Waals surface area contributed by atoms with Gasteiger partial charge in [0.05, 0.1) is 12.6 Å². The number of hydrogen-bond donors (Lipinski definition) is 1. The molecule has 1 N–H and O–H groups in total. The number of carbonyl (C=O) groups is 1. The number of rotatable bonds is 1. The number of halogens is 1. The highest BCUT2D eigenvalue weighted by Crippen LogP contribution is 2.19. The van der Waals surface area contributed by atoms with E-state index in [9.17, 15) is 9.18 Å². The second kappa shape index (κ2) is 5.03. The standard InChI is InChI=1S/C13H25FN2O2/c1-12(2,3)15-10-8-16(7-9(10)14)11(17)18-13(4,5)6/h9-10,15H,7-8H2,1-6H3/t9-,10-/m0/s1. The van der Waals surface area contributed by atoms with Crippen LogP contribution in [0, 0.1) is 0 Å². The third-order valence-corrected chi connectivity index (χ3v) is 2.52. The molecule has 0 aliphatic carbocycles. The van der Waals surface area contributed by atoms with Crippen LogP contribution in [0.1, 0.15) is 41.5 Å². The van der Waals surface area contributed by atoms with Crippen LogP contribution in [0.3, 0.4) is 0 Å². The van der Waals surface area contributed by atoms with E-state index in [2.05, 4.69) is 5.32 Å². The molecule has 1 aliphatic heterocycles. The van der Waals surface area contributed by atoms with Crippen molar-refractivity contribution in [3.05, 3.63) is 0 Å². The van der Waals surface area contributed by atoms with E-state index in [0.717, 1.165) is 0 Å². The Labute approximate surface area is 109 Å². The minimum Gasteiger partial charge on any atom is -0.444 e. The third-order valence-electron chi connectivity index (χ3n) is 2.52. The molecule has 0 aromatic carbocycles. The molecular formula is C13H25FN2O2. The van der Waals surface area contributed by atoms with Gasteiger partial charge in [-0.25, -0.2) is 9.18 Å². The quantitative estimate of drug-likeness (QED) is 0.786. The van der Waals surface area contributed by atoms with Crippen molar-refractivity contribution in [2.75, 3.05) is 13.1 Å². The number of hydrogen-bond acceptors (Lipinski definition) is 3. The Kier molecular flexibility index (Phi) is 4.26. The van der Waals surface area contributed by atoms with E-state index in [0.29, 0.717) is 6.54 Å². The number of likely N-dealkylation sites (tertiary alicyclic amines) is 1. The fourth-order valence-corrected chi connectivity index (χ4v) is 1.93. The molecule has 1 amide bonds. The zero-order valence-electron chi connectivity index (χ0n) is 12.2. The Hall–Kier alpha value is -0.840. The monoisotopic (exact) mass is 260 g/mol. The van der Waals surface area contributed by atoms with E-state index in [1.165, 1.54) is 4.90 Å². The summed E-state index contributed by atoms with van der Waals surface area (Å²) in [4.78, 5) is 13.3. The van der Waals surface area contributed by atoms with Gasteiger partial charge in [0.25, 0.3) is 0 Å². The molecule has 5 heteroatoms. The van der Waals surface area contributed by atoms with Crippen LogP contribution in [0.15, 0.2) is 0 Å². The van der Waals surface area contributed by atoms with Crippen LogP contribution in [0.25, 0.3) is 0 Å². The SMILES string of the molecule is CC(C)(C)N[C@H]1CN(C(=O)OC(C)(C)C)C[C@@H]1F. The predicted octanol–water partition coefficient (Wildman–Crippen LogP) is 2.33. The molecule has 18 heavy (non-hydrogen) atoms. The second-order valence-corrected chi connectivity index (χ2v) is 6.90. The molecule has 0 radical (unpaired) electrons. The highest BCUT2D eigenvalue weighted by atomic mass is 19.1. The van der Waals surface area contributed by atoms with Crippen LogP contribution in [-0.2, 0) is 4.74 Å². The number of ether oxygens (including phenoxy) is 1. The zero-order chi connectivity index (χ0) is 14.1. The lowest BCUT2D eigenvalue weighted by Crippen LogP contribution is -2.48. The number of nitrogens with one attached hydrogen (secondary N) is 1. The van der Waals surface area contributed by atoms with Crippen molar-refractivity contribution >= 4 is 6.09 Å². The molecule has 4 nitrogen and oxygen atoms in total. The highest BCUT2D eigenvalue weighted by molar-refractivity contribution is 5.68. The van der Waals surface area contributed by atoms with E-state index < -0.39 is 17.9 Å². The van der Waals surface area contributed by atoms with Gasteiger partial charge in [-0.05, 0) is 41.5 Å². The van der Waals surface area contributed by atoms with E-state index in [1.807, 2.05) is 20.8 Å². The van der Waals surface area contributed by atoms with Gasteiger partial charge in [0, 0.05) is 12.1 Å². The molecule has 106 valence electrons. The van der Waals surface area contributed by atoms with Crippen molar-refractivity contribution in [2.45, 2.75) is 64.9 Å². The van der Waals surface area contributed by atoms with Crippen LogP contribution in [-0.4, -0.2) is 47.4 Å². The Morgan fingerprint density at radius 1 is 1.22 bits per heavy atom. The van der Waals surface area contributed by atoms with Crippen LogP contribution < -0.4 is 5.32 Å². The Morgan fingerprint density at radius 3 is 2.22 bits per heavy atom. The maximum Gasteiger partial charge on any atom is 0.410 e. The molecule has 1 aliphatic rings. The van der Waals surface area contributed by atoms with Crippen molar-refractivity contribution in [3.63, 3.8) is 0 Å². The van der Waals surface area contributed by atoms with Crippen LogP contribution in [0.4, 0.5) is 9.18 Å². The smallest absolute Gasteiger partial charge is 0.410 e. The summed E-state index contributed by atoms with van der Waals surface area (Å²) >= 11 is 0. The molecule has 0 unspecified atom stereocenters. The van der Waals surface area contributed by atoms with Gasteiger partial charge in [0.15, 0.2) is 0 Å². The first kappa shape index (κ1) is 15.2. The minimum absolute atomic E-state index is 0.0999. The lowest BCUT2D eigenvalue weighted by Gasteiger charge is -2.27. The first-order chi connectivity index (χ1) is 7.98. The average molecular weight is 260 g/mol. The van der Waals surface area contributed by atoms with Crippen molar-refractivity contribution < 1.29 is 13.9 Å². The molecule has 1 rings (SSSR count). The van der Waals surface area contributed by atoms with E-state index in [1.54, 1.807) is 20.8 Å². The lowest BCUT2D eigenvalue weighted by molar-refractivity contribution is 0.0281. The molecule has 0 saturated carbocycles. The summed E-state index contributed by atoms with van der Waals surface area (Å²) in [6, 6.07) is -0.322. The predicted molar refractivity (Wildman–Crippen MR) is 69.4 cm³/mol. The summed E-state index contributed by atoms with van der Waals surface area (Å²) in [5.74, 6) is 0. The molecule has 0 aromatic heterocycles. The first-order valence-corrected chi connectivity index (χ1v) is 6.38. The Morgan fingerprint density at radius 2 is 1.78 bits per heavy atom. The summed E-state index contributed by atoms with van der Waals surface area (Å²) in [7, 11) is 0. The van der Waals surface area contributed by atoms with Crippen molar-refractivity contribution in [1.29, 1.82) is 0 Å². The van der Waals surface area contributed by atoms with Crippen molar-refractivity contribution in [1.82, 2.24) is 10.2 Å². The van der Waals surface area contributed by atoms with Gasteiger partial charge in [0.2, 0.25) is 0 Å². The largest absolute Gasteiger partial charge is 0.444 e. The lowest BCUT2D eigenvalue weighted by atomic mass is 10.1. The summed E-state index contributed by atoms with van der Waals surface area (Å²) in [5, 5.41) is 3.19. The van der Waals surface area contributed by atoms with Gasteiger partial charge in [-0.2, -0.15) is 0 Å². The Bertz CT molecular complexity index is 307. The van der Waals surface area contributed by atoms with E-state index in [-0.39, 0.29) is 18.1 Å². The fourth-order valence-electron chi connectivity index (χ4n) is 1.93. The van der Waals surface area contributed by atoms with Gasteiger partial charge < -0.3 is 15.0 Å². The molecule has 0 aromatic rings. The summed E-state index contributed by atoms with van der Waals surface area (Å²) < 4.78 is 19.1. The van der Waals surface area contributed by atoms with Crippen LogP contribution in [0.5, 0.6) is 0 Å². The maximum absolute atomic E-state index is 13.8. The van der Waals surface area contributed by atoms with Crippen molar-refractivity contribution in [2.24, 2.45) is 0 Å². The normalized spacial score (nSPS) is 25.4. The third kappa shape index (κ3) is 4.80. The molecular weight excluding hydrogens is 235 g/mol. The van der Waals surface area contributed by atoms with Crippen molar-refractivity contribution in [3.8, 4) is 0 Å². The van der Waals surface area contributed by atoms with Gasteiger partial charge in [-0.1, -0.05) is 0 Å². The first-order valence-electron chi connectivity index (χ1n) is 6.38. The van der Waals surface area contributed by atoms with Gasteiger partial charge in [0.1, 0.15) is 11.8 Å².